The van der Waals surface area contributed by atoms with Gasteiger partial charge in [0.2, 0.25) is 5.91 Å². The summed E-state index contributed by atoms with van der Waals surface area (Å²) in [6.07, 6.45) is 8.74. The van der Waals surface area contributed by atoms with Crippen molar-refractivity contribution in [1.82, 2.24) is 5.32 Å². The number of nitrogens with one attached hydrogen (secondary N) is 1. The Hall–Kier alpha value is -0.710. The van der Waals surface area contributed by atoms with Crippen LogP contribution in [0.5, 0.6) is 0 Å². The van der Waals surface area contributed by atoms with Crippen molar-refractivity contribution >= 4 is 23.6 Å². The molecule has 2 N–H and O–H groups in total. The van der Waals surface area contributed by atoms with Gasteiger partial charge in [0, 0.05) is 17.7 Å². The molecule has 19 heavy (non-hydrogen) atoms. The number of hydrogen-bond donors (Lipinski definition) is 2. The molecule has 0 heterocycles. The van der Waals surface area contributed by atoms with E-state index in [-0.39, 0.29) is 17.1 Å². The van der Waals surface area contributed by atoms with Crippen LogP contribution in [-0.2, 0) is 9.59 Å². The van der Waals surface area contributed by atoms with Crippen molar-refractivity contribution in [2.45, 2.75) is 56.1 Å². The van der Waals surface area contributed by atoms with Crippen LogP contribution in [0.25, 0.3) is 0 Å². The lowest BCUT2D eigenvalue weighted by Gasteiger charge is -2.32. The molecule has 0 aromatic carbocycles. The molecule has 0 atom stereocenters. The van der Waals surface area contributed by atoms with E-state index in [1.165, 1.54) is 0 Å². The van der Waals surface area contributed by atoms with Gasteiger partial charge >= 0.3 is 5.97 Å². The van der Waals surface area contributed by atoms with Crippen LogP contribution < -0.4 is 5.32 Å². The molecule has 0 saturated heterocycles. The van der Waals surface area contributed by atoms with Crippen molar-refractivity contribution in [2.24, 2.45) is 5.41 Å². The number of hydrogen-bond acceptors (Lipinski definition) is 3. The summed E-state index contributed by atoms with van der Waals surface area (Å²) in [6, 6.07) is 0. The molecule has 0 unspecified atom stereocenters. The first kappa shape index (κ1) is 14.7. The first-order chi connectivity index (χ1) is 9.02. The van der Waals surface area contributed by atoms with Crippen LogP contribution >= 0.6 is 11.8 Å². The van der Waals surface area contributed by atoms with Gasteiger partial charge in [-0.15, -0.1) is 0 Å². The van der Waals surface area contributed by atoms with Crippen molar-refractivity contribution in [3.05, 3.63) is 0 Å². The largest absolute Gasteiger partial charge is 0.481 e. The molecular weight excluding hydrogens is 262 g/mol. The molecule has 5 heteroatoms. The van der Waals surface area contributed by atoms with Crippen molar-refractivity contribution in [3.8, 4) is 0 Å². The normalized spacial score (nSPS) is 23.6. The van der Waals surface area contributed by atoms with Gasteiger partial charge in [-0.2, -0.15) is 11.8 Å². The van der Waals surface area contributed by atoms with Crippen LogP contribution in [0.15, 0.2) is 0 Å². The van der Waals surface area contributed by atoms with E-state index in [0.717, 1.165) is 32.1 Å². The Bertz CT molecular complexity index is 360. The molecule has 0 bridgehead atoms. The maximum Gasteiger partial charge on any atom is 0.310 e. The molecular formula is C14H23NO3S. The average Bonchev–Trinajstić information content (AvgIpc) is 3.18. The highest BCUT2D eigenvalue weighted by molar-refractivity contribution is 8.00. The van der Waals surface area contributed by atoms with Crippen molar-refractivity contribution in [3.63, 3.8) is 0 Å². The van der Waals surface area contributed by atoms with E-state index >= 15 is 0 Å². The highest BCUT2D eigenvalue weighted by atomic mass is 32.2. The number of carboxylic acids is 1. The maximum absolute atomic E-state index is 12.0. The van der Waals surface area contributed by atoms with E-state index in [1.54, 1.807) is 11.8 Å². The number of thioether (sulfide) groups is 1. The van der Waals surface area contributed by atoms with Crippen LogP contribution in [0, 0.1) is 5.41 Å². The number of carboxylic acid groups (broad SMARTS) is 1. The van der Waals surface area contributed by atoms with Crippen molar-refractivity contribution in [1.29, 1.82) is 0 Å². The fraction of sp³-hybridized carbons (Fsp3) is 0.857. The molecule has 2 rings (SSSR count). The van der Waals surface area contributed by atoms with E-state index in [4.69, 9.17) is 0 Å². The van der Waals surface area contributed by atoms with E-state index in [0.29, 0.717) is 19.4 Å². The summed E-state index contributed by atoms with van der Waals surface area (Å²) in [7, 11) is 0. The first-order valence-electron chi connectivity index (χ1n) is 7.07. The van der Waals surface area contributed by atoms with Crippen molar-refractivity contribution in [2.75, 3.05) is 12.8 Å². The first-order valence-corrected chi connectivity index (χ1v) is 8.30. The molecule has 0 aliphatic heterocycles. The van der Waals surface area contributed by atoms with Gasteiger partial charge in [0.05, 0.1) is 5.41 Å². The van der Waals surface area contributed by atoms with Crippen LogP contribution in [0.2, 0.25) is 0 Å². The minimum absolute atomic E-state index is 0.0929. The van der Waals surface area contributed by atoms with Crippen LogP contribution in [-0.4, -0.2) is 34.5 Å². The molecule has 0 aromatic heterocycles. The molecule has 2 fully saturated rings. The fourth-order valence-electron chi connectivity index (χ4n) is 2.92. The lowest BCUT2D eigenvalue weighted by molar-refractivity contribution is -0.154. The molecule has 108 valence electrons. The van der Waals surface area contributed by atoms with Gasteiger partial charge in [0.15, 0.2) is 0 Å². The summed E-state index contributed by atoms with van der Waals surface area (Å²) < 4.78 is 0.235. The summed E-state index contributed by atoms with van der Waals surface area (Å²) in [5.74, 6) is -0.891. The highest BCUT2D eigenvalue weighted by Crippen LogP contribution is 2.46. The Balaban J connectivity index is 1.86. The number of amides is 1. The van der Waals surface area contributed by atoms with Gasteiger partial charge < -0.3 is 10.4 Å². The summed E-state index contributed by atoms with van der Waals surface area (Å²) in [5.41, 5.74) is -0.807. The van der Waals surface area contributed by atoms with E-state index < -0.39 is 11.4 Å². The third-order valence-electron chi connectivity index (χ3n) is 4.61. The number of carbonyl (C=O) groups excluding carboxylic acids is 1. The molecule has 2 aliphatic rings. The zero-order chi connectivity index (χ0) is 13.9. The van der Waals surface area contributed by atoms with Gasteiger partial charge in [0.25, 0.3) is 0 Å². The van der Waals surface area contributed by atoms with E-state index in [1.807, 2.05) is 0 Å². The van der Waals surface area contributed by atoms with E-state index in [9.17, 15) is 14.7 Å². The third-order valence-corrected chi connectivity index (χ3v) is 6.03. The summed E-state index contributed by atoms with van der Waals surface area (Å²) in [5, 5.41) is 12.4. The zero-order valence-corrected chi connectivity index (χ0v) is 12.4. The van der Waals surface area contributed by atoms with Gasteiger partial charge in [-0.05, 0) is 31.9 Å². The standard InChI is InChI=1S/C14H23NO3S/c1-19-14(7-8-14)10-15-11(16)9-13(12(17)18)5-3-2-4-6-13/h2-10H2,1H3,(H,15,16)(H,17,18). The molecule has 2 saturated carbocycles. The Morgan fingerprint density at radius 3 is 2.26 bits per heavy atom. The van der Waals surface area contributed by atoms with Gasteiger partial charge in [-0.3, -0.25) is 9.59 Å². The SMILES string of the molecule is CSC1(CNC(=O)CC2(C(=O)O)CCCCC2)CC1. The van der Waals surface area contributed by atoms with E-state index in [2.05, 4.69) is 11.6 Å². The molecule has 4 nitrogen and oxygen atoms in total. The topological polar surface area (TPSA) is 66.4 Å². The monoisotopic (exact) mass is 285 g/mol. The quantitative estimate of drug-likeness (QED) is 0.786. The lowest BCUT2D eigenvalue weighted by atomic mass is 9.71. The molecule has 0 aromatic rings. The average molecular weight is 285 g/mol. The number of aliphatic carboxylic acids is 1. The molecule has 0 radical (unpaired) electrons. The third kappa shape index (κ3) is 3.44. The second kappa shape index (κ2) is 5.73. The minimum Gasteiger partial charge on any atom is -0.481 e. The molecule has 1 amide bonds. The fourth-order valence-corrected chi connectivity index (χ4v) is 3.64. The van der Waals surface area contributed by atoms with Crippen LogP contribution in [0.4, 0.5) is 0 Å². The van der Waals surface area contributed by atoms with Crippen LogP contribution in [0.3, 0.4) is 0 Å². The molecule has 0 spiro atoms. The summed E-state index contributed by atoms with van der Waals surface area (Å²) in [4.78, 5) is 23.5. The predicted octanol–water partition coefficient (Wildman–Crippen LogP) is 2.42. The summed E-state index contributed by atoms with van der Waals surface area (Å²) in [6.45, 7) is 0.683. The smallest absolute Gasteiger partial charge is 0.310 e. The van der Waals surface area contributed by atoms with Crippen molar-refractivity contribution < 1.29 is 14.7 Å². The highest BCUT2D eigenvalue weighted by Gasteiger charge is 2.44. The van der Waals surface area contributed by atoms with Gasteiger partial charge in [-0.25, -0.2) is 0 Å². The zero-order valence-electron chi connectivity index (χ0n) is 11.5. The Kier molecular flexibility index (Phi) is 4.43. The van der Waals surface area contributed by atoms with Gasteiger partial charge in [0.1, 0.15) is 0 Å². The predicted molar refractivity (Wildman–Crippen MR) is 76.3 cm³/mol. The Morgan fingerprint density at radius 1 is 1.16 bits per heavy atom. The van der Waals surface area contributed by atoms with Gasteiger partial charge in [-0.1, -0.05) is 19.3 Å². The lowest BCUT2D eigenvalue weighted by Crippen LogP contribution is -2.40. The number of rotatable bonds is 6. The molecule has 2 aliphatic carbocycles. The second-order valence-electron chi connectivity index (χ2n) is 5.99. The Labute approximate surface area is 118 Å². The van der Waals surface area contributed by atoms with Crippen LogP contribution in [0.1, 0.15) is 51.4 Å². The number of carbonyl (C=O) groups is 2. The summed E-state index contributed by atoms with van der Waals surface area (Å²) >= 11 is 1.80. The minimum atomic E-state index is -0.807. The maximum atomic E-state index is 12.0. The Morgan fingerprint density at radius 2 is 1.79 bits per heavy atom. The second-order valence-corrected chi connectivity index (χ2v) is 7.26.